The summed E-state index contributed by atoms with van der Waals surface area (Å²) in [5.74, 6) is 0. The van der Waals surface area contributed by atoms with Crippen LogP contribution in [-0.2, 0) is 17.8 Å². The summed E-state index contributed by atoms with van der Waals surface area (Å²) in [6.45, 7) is 1.11. The van der Waals surface area contributed by atoms with Crippen molar-refractivity contribution in [3.8, 4) is 0 Å². The molecule has 0 amide bonds. The minimum atomic E-state index is -0.915. The van der Waals surface area contributed by atoms with Gasteiger partial charge in [0.15, 0.2) is 0 Å². The van der Waals surface area contributed by atoms with E-state index < -0.39 is 5.54 Å². The fourth-order valence-corrected chi connectivity index (χ4v) is 1.92. The van der Waals surface area contributed by atoms with Gasteiger partial charge in [0, 0.05) is 31.4 Å². The summed E-state index contributed by atoms with van der Waals surface area (Å²) in [6, 6.07) is 10.00. The molecule has 5 heteroatoms. The molecule has 19 heavy (non-hydrogen) atoms. The molecule has 0 aliphatic heterocycles. The van der Waals surface area contributed by atoms with E-state index >= 15 is 0 Å². The molecule has 0 radical (unpaired) electrons. The predicted octanol–water partition coefficient (Wildman–Crippen LogP) is 0.638. The fourth-order valence-electron chi connectivity index (χ4n) is 1.92. The molecule has 5 nitrogen and oxygen atoms in total. The van der Waals surface area contributed by atoms with Gasteiger partial charge in [-0.25, -0.2) is 4.98 Å². The Balaban J connectivity index is 1.86. The third kappa shape index (κ3) is 4.01. The van der Waals surface area contributed by atoms with Crippen molar-refractivity contribution < 1.29 is 4.79 Å². The number of carbonyl (C=O) groups excluding carboxylic acids is 1. The van der Waals surface area contributed by atoms with Gasteiger partial charge in [-0.2, -0.15) is 0 Å². The van der Waals surface area contributed by atoms with E-state index in [9.17, 15) is 4.79 Å². The first-order valence-electron chi connectivity index (χ1n) is 6.19. The number of nitrogens with zero attached hydrogens (tertiary/aromatic N) is 1. The number of carbonyl (C=O) groups is 1. The topological polar surface area (TPSA) is 83.8 Å². The van der Waals surface area contributed by atoms with Crippen molar-refractivity contribution >= 4 is 6.29 Å². The van der Waals surface area contributed by atoms with Crippen LogP contribution in [0.2, 0.25) is 0 Å². The maximum Gasteiger partial charge on any atom is 0.141 e. The Kier molecular flexibility index (Phi) is 4.43. The van der Waals surface area contributed by atoms with Gasteiger partial charge in [-0.3, -0.25) is 0 Å². The Morgan fingerprint density at radius 1 is 1.37 bits per heavy atom. The van der Waals surface area contributed by atoms with Crippen molar-refractivity contribution in [2.45, 2.75) is 18.5 Å². The third-order valence-electron chi connectivity index (χ3n) is 2.94. The average Bonchev–Trinajstić information content (AvgIpc) is 2.92. The van der Waals surface area contributed by atoms with Gasteiger partial charge in [0.05, 0.1) is 11.9 Å². The summed E-state index contributed by atoms with van der Waals surface area (Å²) < 4.78 is 0. The first kappa shape index (κ1) is 13.5. The van der Waals surface area contributed by atoms with Gasteiger partial charge in [-0.15, -0.1) is 0 Å². The van der Waals surface area contributed by atoms with Crippen LogP contribution in [0.25, 0.3) is 0 Å². The number of aromatic amines is 1. The number of nitrogens with one attached hydrogen (secondary N) is 2. The van der Waals surface area contributed by atoms with Crippen LogP contribution in [0.1, 0.15) is 11.3 Å². The van der Waals surface area contributed by atoms with Gasteiger partial charge < -0.3 is 20.8 Å². The SMILES string of the molecule is N[C@@](C=O)(CNCc1ccccc1)Cc1cnc[nH]1. The minimum Gasteiger partial charge on any atom is -0.348 e. The van der Waals surface area contributed by atoms with Crippen molar-refractivity contribution in [2.75, 3.05) is 6.54 Å². The minimum absolute atomic E-state index is 0.421. The predicted molar refractivity (Wildman–Crippen MR) is 73.4 cm³/mol. The molecule has 2 aromatic rings. The number of imidazole rings is 1. The Bertz CT molecular complexity index is 497. The first-order chi connectivity index (χ1) is 9.22. The van der Waals surface area contributed by atoms with Gasteiger partial charge in [0.1, 0.15) is 6.29 Å². The smallest absolute Gasteiger partial charge is 0.141 e. The number of H-pyrrole nitrogens is 1. The molecule has 1 aromatic carbocycles. The summed E-state index contributed by atoms with van der Waals surface area (Å²) in [5, 5.41) is 3.22. The third-order valence-corrected chi connectivity index (χ3v) is 2.94. The van der Waals surface area contributed by atoms with Crippen LogP contribution in [0.5, 0.6) is 0 Å². The molecule has 0 unspecified atom stereocenters. The highest BCUT2D eigenvalue weighted by molar-refractivity contribution is 5.64. The van der Waals surface area contributed by atoms with Crippen LogP contribution < -0.4 is 11.1 Å². The zero-order valence-corrected chi connectivity index (χ0v) is 10.7. The summed E-state index contributed by atoms with van der Waals surface area (Å²) in [7, 11) is 0. The monoisotopic (exact) mass is 258 g/mol. The normalized spacial score (nSPS) is 13.9. The molecule has 0 saturated heterocycles. The molecule has 1 atom stereocenters. The highest BCUT2D eigenvalue weighted by Gasteiger charge is 2.24. The Morgan fingerprint density at radius 2 is 2.16 bits per heavy atom. The average molecular weight is 258 g/mol. The zero-order chi connectivity index (χ0) is 13.6. The van der Waals surface area contributed by atoms with E-state index in [2.05, 4.69) is 15.3 Å². The van der Waals surface area contributed by atoms with Crippen molar-refractivity contribution in [1.29, 1.82) is 0 Å². The highest BCUT2D eigenvalue weighted by Crippen LogP contribution is 2.06. The quantitative estimate of drug-likeness (QED) is 0.636. The molecular weight excluding hydrogens is 240 g/mol. The molecule has 0 aliphatic carbocycles. The molecule has 1 heterocycles. The number of hydrogen-bond acceptors (Lipinski definition) is 4. The number of nitrogens with two attached hydrogens (primary N) is 1. The van der Waals surface area contributed by atoms with Crippen LogP contribution in [0.4, 0.5) is 0 Å². The number of hydrogen-bond donors (Lipinski definition) is 3. The number of aldehydes is 1. The lowest BCUT2D eigenvalue weighted by atomic mass is 9.96. The van der Waals surface area contributed by atoms with Crippen molar-refractivity contribution in [2.24, 2.45) is 5.73 Å². The summed E-state index contributed by atoms with van der Waals surface area (Å²) >= 11 is 0. The van der Waals surface area contributed by atoms with Gasteiger partial charge in [0.2, 0.25) is 0 Å². The first-order valence-corrected chi connectivity index (χ1v) is 6.19. The Labute approximate surface area is 112 Å². The molecule has 0 spiro atoms. The van der Waals surface area contributed by atoms with Crippen LogP contribution in [0, 0.1) is 0 Å². The van der Waals surface area contributed by atoms with E-state index in [1.807, 2.05) is 30.3 Å². The van der Waals surface area contributed by atoms with E-state index in [4.69, 9.17) is 5.73 Å². The van der Waals surface area contributed by atoms with Crippen LogP contribution >= 0.6 is 0 Å². The number of aromatic nitrogens is 2. The second-order valence-electron chi connectivity index (χ2n) is 4.69. The standard InChI is InChI=1S/C14H18N4O/c15-14(10-19,6-13-8-17-11-18-13)9-16-7-12-4-2-1-3-5-12/h1-5,8,10-11,16H,6-7,9,15H2,(H,17,18)/t14-/m1/s1. The van der Waals surface area contributed by atoms with Crippen molar-refractivity contribution in [3.05, 3.63) is 54.1 Å². The van der Waals surface area contributed by atoms with Crippen LogP contribution in [0.15, 0.2) is 42.9 Å². The molecule has 1 aromatic heterocycles. The van der Waals surface area contributed by atoms with E-state index in [0.717, 1.165) is 17.5 Å². The molecular formula is C14H18N4O. The van der Waals surface area contributed by atoms with Gasteiger partial charge >= 0.3 is 0 Å². The lowest BCUT2D eigenvalue weighted by molar-refractivity contribution is -0.112. The summed E-state index contributed by atoms with van der Waals surface area (Å²) in [4.78, 5) is 18.1. The van der Waals surface area contributed by atoms with Crippen molar-refractivity contribution in [1.82, 2.24) is 15.3 Å². The van der Waals surface area contributed by atoms with E-state index in [-0.39, 0.29) is 0 Å². The van der Waals surface area contributed by atoms with E-state index in [1.54, 1.807) is 12.5 Å². The molecule has 100 valence electrons. The lowest BCUT2D eigenvalue weighted by Crippen LogP contribution is -2.52. The number of rotatable bonds is 7. The molecule has 4 N–H and O–H groups in total. The highest BCUT2D eigenvalue weighted by atomic mass is 16.1. The van der Waals surface area contributed by atoms with E-state index in [1.165, 1.54) is 0 Å². The molecule has 0 saturated carbocycles. The van der Waals surface area contributed by atoms with Gasteiger partial charge in [-0.1, -0.05) is 30.3 Å². The molecule has 2 rings (SSSR count). The Hall–Kier alpha value is -1.98. The second kappa shape index (κ2) is 6.26. The molecule has 0 aliphatic rings. The summed E-state index contributed by atoms with van der Waals surface area (Å²) in [5.41, 5.74) is 7.18. The lowest BCUT2D eigenvalue weighted by Gasteiger charge is -2.22. The van der Waals surface area contributed by atoms with Crippen molar-refractivity contribution in [3.63, 3.8) is 0 Å². The van der Waals surface area contributed by atoms with E-state index in [0.29, 0.717) is 19.5 Å². The largest absolute Gasteiger partial charge is 0.348 e. The number of benzene rings is 1. The fraction of sp³-hybridized carbons (Fsp3) is 0.286. The molecule has 0 bridgehead atoms. The van der Waals surface area contributed by atoms with Gasteiger partial charge in [0.25, 0.3) is 0 Å². The van der Waals surface area contributed by atoms with Gasteiger partial charge in [-0.05, 0) is 5.56 Å². The van der Waals surface area contributed by atoms with Crippen LogP contribution in [0.3, 0.4) is 0 Å². The summed E-state index contributed by atoms with van der Waals surface area (Å²) in [6.07, 6.45) is 4.50. The Morgan fingerprint density at radius 3 is 2.79 bits per heavy atom. The second-order valence-corrected chi connectivity index (χ2v) is 4.69. The van der Waals surface area contributed by atoms with Crippen LogP contribution in [-0.4, -0.2) is 28.3 Å². The maximum absolute atomic E-state index is 11.2. The molecule has 0 fully saturated rings. The zero-order valence-electron chi connectivity index (χ0n) is 10.7. The maximum atomic E-state index is 11.2.